The number of nitrogens with one attached hydrogen (secondary N) is 1. The van der Waals surface area contributed by atoms with Crippen molar-refractivity contribution in [3.05, 3.63) is 64.2 Å². The average molecular weight is 312 g/mol. The summed E-state index contributed by atoms with van der Waals surface area (Å²) in [5.74, 6) is -4.17. The van der Waals surface area contributed by atoms with Crippen molar-refractivity contribution in [2.75, 3.05) is 5.32 Å². The quantitative estimate of drug-likeness (QED) is 0.852. The minimum atomic E-state index is -1.19. The van der Waals surface area contributed by atoms with Crippen LogP contribution in [0.5, 0.6) is 0 Å². The minimum absolute atomic E-state index is 0.0545. The molecule has 0 saturated carbocycles. The number of amides is 1. The SMILES string of the molecule is O=C(O)c1ccc(NC(=O)c2cc(F)c(F)cc2Cl)cc1. The summed E-state index contributed by atoms with van der Waals surface area (Å²) in [6.45, 7) is 0. The van der Waals surface area contributed by atoms with Gasteiger partial charge in [0.2, 0.25) is 0 Å². The molecule has 0 aromatic heterocycles. The maximum atomic E-state index is 13.1. The first-order valence-electron chi connectivity index (χ1n) is 5.67. The van der Waals surface area contributed by atoms with Crippen molar-refractivity contribution in [3.63, 3.8) is 0 Å². The van der Waals surface area contributed by atoms with Crippen molar-refractivity contribution in [1.82, 2.24) is 0 Å². The second-order valence-corrected chi connectivity index (χ2v) is 4.49. The van der Waals surface area contributed by atoms with E-state index in [1.165, 1.54) is 24.3 Å². The molecule has 7 heteroatoms. The predicted octanol–water partition coefficient (Wildman–Crippen LogP) is 3.57. The van der Waals surface area contributed by atoms with Crippen LogP contribution >= 0.6 is 11.6 Å². The van der Waals surface area contributed by atoms with E-state index in [2.05, 4.69) is 5.32 Å². The van der Waals surface area contributed by atoms with Crippen LogP contribution in [0.4, 0.5) is 14.5 Å². The van der Waals surface area contributed by atoms with E-state index >= 15 is 0 Å². The van der Waals surface area contributed by atoms with Gasteiger partial charge in [-0.1, -0.05) is 11.6 Å². The minimum Gasteiger partial charge on any atom is -0.478 e. The second-order valence-electron chi connectivity index (χ2n) is 4.08. The summed E-state index contributed by atoms with van der Waals surface area (Å²) in [5.41, 5.74) is 0.127. The number of aromatic carboxylic acids is 1. The monoisotopic (exact) mass is 311 g/mol. The third-order valence-electron chi connectivity index (χ3n) is 2.64. The van der Waals surface area contributed by atoms with Crippen molar-refractivity contribution < 1.29 is 23.5 Å². The smallest absolute Gasteiger partial charge is 0.335 e. The summed E-state index contributed by atoms with van der Waals surface area (Å²) in [6, 6.07) is 6.73. The maximum absolute atomic E-state index is 13.1. The summed E-state index contributed by atoms with van der Waals surface area (Å²) >= 11 is 5.68. The van der Waals surface area contributed by atoms with Crippen LogP contribution in [0.3, 0.4) is 0 Å². The molecule has 2 aromatic rings. The van der Waals surface area contributed by atoms with Gasteiger partial charge in [0.25, 0.3) is 5.91 Å². The molecule has 0 saturated heterocycles. The Morgan fingerprint density at radius 2 is 1.62 bits per heavy atom. The Bertz CT molecular complexity index is 717. The van der Waals surface area contributed by atoms with Crippen LogP contribution in [-0.4, -0.2) is 17.0 Å². The first kappa shape index (κ1) is 14.9. The average Bonchev–Trinajstić information content (AvgIpc) is 2.43. The first-order chi connectivity index (χ1) is 9.88. The molecule has 1 amide bonds. The van der Waals surface area contributed by atoms with Gasteiger partial charge < -0.3 is 10.4 Å². The van der Waals surface area contributed by atoms with Gasteiger partial charge in [-0.3, -0.25) is 4.79 Å². The number of anilines is 1. The molecule has 0 radical (unpaired) electrons. The molecular weight excluding hydrogens is 304 g/mol. The lowest BCUT2D eigenvalue weighted by Crippen LogP contribution is -2.13. The molecule has 108 valence electrons. The molecule has 0 aliphatic rings. The molecule has 21 heavy (non-hydrogen) atoms. The third-order valence-corrected chi connectivity index (χ3v) is 2.96. The molecule has 0 atom stereocenters. The van der Waals surface area contributed by atoms with Gasteiger partial charge in [0.1, 0.15) is 0 Å². The largest absolute Gasteiger partial charge is 0.478 e. The summed E-state index contributed by atoms with van der Waals surface area (Å²) in [6.07, 6.45) is 0. The van der Waals surface area contributed by atoms with Crippen LogP contribution in [0.1, 0.15) is 20.7 Å². The van der Waals surface area contributed by atoms with Crippen molar-refractivity contribution in [1.29, 1.82) is 0 Å². The van der Waals surface area contributed by atoms with Gasteiger partial charge >= 0.3 is 5.97 Å². The first-order valence-corrected chi connectivity index (χ1v) is 6.05. The van der Waals surface area contributed by atoms with Gasteiger partial charge in [0.15, 0.2) is 11.6 Å². The van der Waals surface area contributed by atoms with Gasteiger partial charge in [-0.15, -0.1) is 0 Å². The molecule has 0 bridgehead atoms. The Labute approximate surface area is 123 Å². The van der Waals surface area contributed by atoms with Gasteiger partial charge in [0.05, 0.1) is 16.1 Å². The zero-order valence-corrected chi connectivity index (χ0v) is 11.1. The van der Waals surface area contributed by atoms with Crippen LogP contribution in [0.15, 0.2) is 36.4 Å². The van der Waals surface area contributed by atoms with E-state index in [-0.39, 0.29) is 16.1 Å². The van der Waals surface area contributed by atoms with E-state index in [0.717, 1.165) is 0 Å². The van der Waals surface area contributed by atoms with Crippen molar-refractivity contribution >= 4 is 29.2 Å². The van der Waals surface area contributed by atoms with E-state index in [9.17, 15) is 18.4 Å². The number of rotatable bonds is 3. The van der Waals surface area contributed by atoms with Gasteiger partial charge in [-0.05, 0) is 36.4 Å². The summed E-state index contributed by atoms with van der Waals surface area (Å²) < 4.78 is 26.0. The van der Waals surface area contributed by atoms with Gasteiger partial charge in [-0.2, -0.15) is 0 Å². The van der Waals surface area contributed by atoms with Gasteiger partial charge in [-0.25, -0.2) is 13.6 Å². The molecular formula is C14H8ClF2NO3. The van der Waals surface area contributed by atoms with Crippen LogP contribution in [-0.2, 0) is 0 Å². The number of carboxylic acids is 1. The second kappa shape index (κ2) is 5.88. The number of carbonyl (C=O) groups is 2. The molecule has 0 aliphatic heterocycles. The molecule has 2 rings (SSSR count). The number of carbonyl (C=O) groups excluding carboxylic acids is 1. The van der Waals surface area contributed by atoms with Crippen LogP contribution in [0.25, 0.3) is 0 Å². The molecule has 4 nitrogen and oxygen atoms in total. The Hall–Kier alpha value is -2.47. The maximum Gasteiger partial charge on any atom is 0.335 e. The number of halogens is 3. The highest BCUT2D eigenvalue weighted by Gasteiger charge is 2.15. The molecule has 0 fully saturated rings. The Morgan fingerprint density at radius 1 is 1.05 bits per heavy atom. The Kier molecular flexibility index (Phi) is 4.18. The number of carboxylic acid groups (broad SMARTS) is 1. The molecule has 0 unspecified atom stereocenters. The topological polar surface area (TPSA) is 66.4 Å². The van der Waals surface area contributed by atoms with E-state index in [1.807, 2.05) is 0 Å². The van der Waals surface area contributed by atoms with Crippen molar-refractivity contribution in [3.8, 4) is 0 Å². The number of hydrogen-bond donors (Lipinski definition) is 2. The highest BCUT2D eigenvalue weighted by molar-refractivity contribution is 6.34. The summed E-state index contributed by atoms with van der Waals surface area (Å²) in [7, 11) is 0. The normalized spacial score (nSPS) is 10.2. The zero-order valence-electron chi connectivity index (χ0n) is 10.4. The molecule has 2 N–H and O–H groups in total. The van der Waals surface area contributed by atoms with E-state index in [4.69, 9.17) is 16.7 Å². The lowest BCUT2D eigenvalue weighted by Gasteiger charge is -2.07. The van der Waals surface area contributed by atoms with Crippen LogP contribution in [0, 0.1) is 11.6 Å². The molecule has 0 heterocycles. The molecule has 0 spiro atoms. The Morgan fingerprint density at radius 3 is 2.19 bits per heavy atom. The zero-order chi connectivity index (χ0) is 15.6. The number of benzene rings is 2. The fourth-order valence-electron chi connectivity index (χ4n) is 1.59. The molecule has 0 aliphatic carbocycles. The number of hydrogen-bond acceptors (Lipinski definition) is 2. The van der Waals surface area contributed by atoms with Crippen molar-refractivity contribution in [2.24, 2.45) is 0 Å². The highest BCUT2D eigenvalue weighted by Crippen LogP contribution is 2.21. The predicted molar refractivity (Wildman–Crippen MR) is 72.7 cm³/mol. The van der Waals surface area contributed by atoms with E-state index in [0.29, 0.717) is 17.8 Å². The lowest BCUT2D eigenvalue weighted by atomic mass is 10.1. The fourth-order valence-corrected chi connectivity index (χ4v) is 1.83. The van der Waals surface area contributed by atoms with Gasteiger partial charge in [0, 0.05) is 5.69 Å². The van der Waals surface area contributed by atoms with Crippen LogP contribution in [0.2, 0.25) is 5.02 Å². The summed E-state index contributed by atoms with van der Waals surface area (Å²) in [4.78, 5) is 22.6. The third kappa shape index (κ3) is 3.35. The Balaban J connectivity index is 2.22. The van der Waals surface area contributed by atoms with E-state index in [1.54, 1.807) is 0 Å². The lowest BCUT2D eigenvalue weighted by molar-refractivity contribution is 0.0696. The van der Waals surface area contributed by atoms with Crippen LogP contribution < -0.4 is 5.32 Å². The van der Waals surface area contributed by atoms with Crippen molar-refractivity contribution in [2.45, 2.75) is 0 Å². The summed E-state index contributed by atoms with van der Waals surface area (Å²) in [5, 5.41) is 10.9. The fraction of sp³-hybridized carbons (Fsp3) is 0. The van der Waals surface area contributed by atoms with E-state index < -0.39 is 23.5 Å². The highest BCUT2D eigenvalue weighted by atomic mass is 35.5. The standard InChI is InChI=1S/C14H8ClF2NO3/c15-10-6-12(17)11(16)5-9(10)13(19)18-8-3-1-7(2-4-8)14(20)21/h1-6H,(H,18,19)(H,20,21). The molecule has 2 aromatic carbocycles.